The van der Waals surface area contributed by atoms with Gasteiger partial charge in [-0.05, 0) is 48.7 Å². The molecule has 2 aromatic carbocycles. The van der Waals surface area contributed by atoms with Crippen LogP contribution >= 0.6 is 0 Å². The van der Waals surface area contributed by atoms with Crippen LogP contribution in [0.4, 0.5) is 11.4 Å². The number of anilines is 2. The molecule has 0 saturated carbocycles. The lowest BCUT2D eigenvalue weighted by Gasteiger charge is -2.25. The minimum absolute atomic E-state index is 0.528. The van der Waals surface area contributed by atoms with Gasteiger partial charge in [0.1, 0.15) is 6.07 Å². The third kappa shape index (κ3) is 2.84. The molecule has 0 bridgehead atoms. The zero-order valence-corrected chi connectivity index (χ0v) is 15.2. The summed E-state index contributed by atoms with van der Waals surface area (Å²) in [6, 6.07) is 16.1. The zero-order valence-electron chi connectivity index (χ0n) is 15.2. The first-order valence-electron chi connectivity index (χ1n) is 8.64. The molecule has 0 amide bonds. The van der Waals surface area contributed by atoms with Crippen molar-refractivity contribution in [3.63, 3.8) is 0 Å². The number of aryl methyl sites for hydroxylation is 1. The van der Waals surface area contributed by atoms with Gasteiger partial charge in [0.05, 0.1) is 11.3 Å². The minimum atomic E-state index is 0.528. The Morgan fingerprint density at radius 2 is 1.85 bits per heavy atom. The van der Waals surface area contributed by atoms with Crippen LogP contribution in [0.15, 0.2) is 61.1 Å². The standard InChI is InChI=1S/C23H18N4/c1-15-4-6-17(7-5-15)20-14-25-13-18(12-24)23(20)27(3)22-9-8-21-19(16(22)2)10-11-26-21/h1,4-11,13-14,26H,2-3H3. The maximum Gasteiger partial charge on any atom is 0.103 e. The number of rotatable bonds is 3. The molecular weight excluding hydrogens is 332 g/mol. The van der Waals surface area contributed by atoms with Crippen LogP contribution in [0.2, 0.25) is 0 Å². The van der Waals surface area contributed by atoms with Gasteiger partial charge in [-0.3, -0.25) is 4.98 Å². The number of benzene rings is 2. The van der Waals surface area contributed by atoms with E-state index in [2.05, 4.69) is 46.1 Å². The van der Waals surface area contributed by atoms with Crippen LogP contribution < -0.4 is 4.90 Å². The predicted molar refractivity (Wildman–Crippen MR) is 109 cm³/mol. The molecular formula is C23H18N4. The van der Waals surface area contributed by atoms with Crippen LogP contribution in [0.3, 0.4) is 0 Å². The number of fused-ring (bicyclic) bond motifs is 1. The van der Waals surface area contributed by atoms with E-state index in [4.69, 9.17) is 6.92 Å². The average molecular weight is 350 g/mol. The molecule has 1 N–H and O–H groups in total. The Hall–Kier alpha value is -3.58. The summed E-state index contributed by atoms with van der Waals surface area (Å²) in [6.45, 7) is 7.93. The molecule has 0 spiro atoms. The number of hydrogen-bond donors (Lipinski definition) is 1. The van der Waals surface area contributed by atoms with Crippen molar-refractivity contribution in [3.05, 3.63) is 84.7 Å². The lowest BCUT2D eigenvalue weighted by atomic mass is 10.00. The van der Waals surface area contributed by atoms with Crippen LogP contribution in [0.5, 0.6) is 0 Å². The van der Waals surface area contributed by atoms with E-state index in [1.54, 1.807) is 12.4 Å². The van der Waals surface area contributed by atoms with Crippen molar-refractivity contribution in [2.24, 2.45) is 0 Å². The number of aromatic nitrogens is 2. The van der Waals surface area contributed by atoms with E-state index < -0.39 is 0 Å². The Kier molecular flexibility index (Phi) is 4.13. The average Bonchev–Trinajstić information content (AvgIpc) is 3.17. The second kappa shape index (κ2) is 6.62. The first-order valence-corrected chi connectivity index (χ1v) is 8.64. The number of nitrogens with one attached hydrogen (secondary N) is 1. The molecule has 0 aliphatic carbocycles. The molecule has 0 aliphatic heterocycles. The Morgan fingerprint density at radius 3 is 2.59 bits per heavy atom. The molecule has 2 heterocycles. The SMILES string of the molecule is [CH]c1ccc(-c2cncc(C#N)c2N(C)c2ccc3[nH]ccc3c2C)cc1. The summed E-state index contributed by atoms with van der Waals surface area (Å²) >= 11 is 0. The fraction of sp³-hybridized carbons (Fsp3) is 0.0870. The first kappa shape index (κ1) is 16.9. The summed E-state index contributed by atoms with van der Waals surface area (Å²) in [6.07, 6.45) is 5.34. The molecule has 4 rings (SSSR count). The third-order valence-electron chi connectivity index (χ3n) is 4.93. The molecule has 4 aromatic rings. The molecule has 0 unspecified atom stereocenters. The summed E-state index contributed by atoms with van der Waals surface area (Å²) in [7, 11) is 1.98. The Bertz CT molecular complexity index is 1160. The van der Waals surface area contributed by atoms with E-state index in [9.17, 15) is 5.26 Å². The topological polar surface area (TPSA) is 55.7 Å². The van der Waals surface area contributed by atoms with Gasteiger partial charge < -0.3 is 9.88 Å². The van der Waals surface area contributed by atoms with Crippen molar-refractivity contribution in [3.8, 4) is 17.2 Å². The number of H-pyrrole nitrogens is 1. The number of pyridine rings is 1. The normalized spacial score (nSPS) is 10.7. The zero-order chi connectivity index (χ0) is 19.0. The Labute approximate surface area is 158 Å². The van der Waals surface area contributed by atoms with Gasteiger partial charge in [0, 0.05) is 47.8 Å². The molecule has 0 aliphatic rings. The maximum atomic E-state index is 9.70. The third-order valence-corrected chi connectivity index (χ3v) is 4.93. The number of nitrogens with zero attached hydrogens (tertiary/aromatic N) is 3. The van der Waals surface area contributed by atoms with Gasteiger partial charge in [0.25, 0.3) is 0 Å². The summed E-state index contributed by atoms with van der Waals surface area (Å²) in [4.78, 5) is 9.57. The second-order valence-corrected chi connectivity index (χ2v) is 6.52. The quantitative estimate of drug-likeness (QED) is 0.550. The fourth-order valence-electron chi connectivity index (χ4n) is 3.53. The number of nitriles is 1. The lowest BCUT2D eigenvalue weighted by Crippen LogP contribution is -2.14. The van der Waals surface area contributed by atoms with Gasteiger partial charge in [0.2, 0.25) is 0 Å². The highest BCUT2D eigenvalue weighted by molar-refractivity contribution is 5.92. The van der Waals surface area contributed by atoms with Crippen molar-refractivity contribution in [2.75, 3.05) is 11.9 Å². The molecule has 27 heavy (non-hydrogen) atoms. The second-order valence-electron chi connectivity index (χ2n) is 6.52. The fourth-order valence-corrected chi connectivity index (χ4v) is 3.53. The highest BCUT2D eigenvalue weighted by Gasteiger charge is 2.18. The molecule has 2 aromatic heterocycles. The van der Waals surface area contributed by atoms with Crippen LogP contribution in [0.25, 0.3) is 22.0 Å². The summed E-state index contributed by atoms with van der Waals surface area (Å²) in [5, 5.41) is 10.9. The van der Waals surface area contributed by atoms with Crippen molar-refractivity contribution >= 4 is 22.3 Å². The first-order chi connectivity index (χ1) is 13.1. The molecule has 2 radical (unpaired) electrons. The highest BCUT2D eigenvalue weighted by Crippen LogP contribution is 2.38. The van der Waals surface area contributed by atoms with Crippen molar-refractivity contribution < 1.29 is 0 Å². The highest BCUT2D eigenvalue weighted by atomic mass is 15.1. The van der Waals surface area contributed by atoms with Gasteiger partial charge in [-0.25, -0.2) is 0 Å². The van der Waals surface area contributed by atoms with Crippen LogP contribution in [0.1, 0.15) is 16.7 Å². The minimum Gasteiger partial charge on any atom is -0.361 e. The van der Waals surface area contributed by atoms with E-state index in [1.807, 2.05) is 37.5 Å². The summed E-state index contributed by atoms with van der Waals surface area (Å²) < 4.78 is 0. The molecule has 0 atom stereocenters. The van der Waals surface area contributed by atoms with Gasteiger partial charge >= 0.3 is 0 Å². The molecule has 4 nitrogen and oxygen atoms in total. The van der Waals surface area contributed by atoms with Crippen molar-refractivity contribution in [1.82, 2.24) is 9.97 Å². The Morgan fingerprint density at radius 1 is 1.07 bits per heavy atom. The number of hydrogen-bond acceptors (Lipinski definition) is 3. The van der Waals surface area contributed by atoms with Crippen molar-refractivity contribution in [2.45, 2.75) is 6.92 Å². The van der Waals surface area contributed by atoms with E-state index >= 15 is 0 Å². The number of aromatic amines is 1. The van der Waals surface area contributed by atoms with Gasteiger partial charge in [-0.15, -0.1) is 0 Å². The van der Waals surface area contributed by atoms with Gasteiger partial charge in [-0.1, -0.05) is 24.3 Å². The molecule has 4 heteroatoms. The Balaban J connectivity index is 1.92. The van der Waals surface area contributed by atoms with E-state index in [0.717, 1.165) is 33.6 Å². The molecule has 0 saturated heterocycles. The maximum absolute atomic E-state index is 9.70. The molecule has 130 valence electrons. The molecule has 0 fully saturated rings. The van der Waals surface area contributed by atoms with E-state index in [1.165, 1.54) is 5.39 Å². The van der Waals surface area contributed by atoms with E-state index in [-0.39, 0.29) is 0 Å². The summed E-state index contributed by atoms with van der Waals surface area (Å²) in [5.41, 5.74) is 7.21. The predicted octanol–water partition coefficient (Wildman–Crippen LogP) is 5.24. The van der Waals surface area contributed by atoms with Crippen LogP contribution in [0, 0.1) is 25.2 Å². The summed E-state index contributed by atoms with van der Waals surface area (Å²) in [5.74, 6) is 0. The van der Waals surface area contributed by atoms with Crippen LogP contribution in [-0.4, -0.2) is 17.0 Å². The smallest absolute Gasteiger partial charge is 0.103 e. The monoisotopic (exact) mass is 350 g/mol. The largest absolute Gasteiger partial charge is 0.361 e. The van der Waals surface area contributed by atoms with Gasteiger partial charge in [-0.2, -0.15) is 5.26 Å². The lowest BCUT2D eigenvalue weighted by molar-refractivity contribution is 1.16. The van der Waals surface area contributed by atoms with E-state index in [0.29, 0.717) is 11.1 Å². The van der Waals surface area contributed by atoms with Gasteiger partial charge in [0.15, 0.2) is 0 Å². The van der Waals surface area contributed by atoms with Crippen molar-refractivity contribution in [1.29, 1.82) is 5.26 Å². The van der Waals surface area contributed by atoms with Crippen LogP contribution in [-0.2, 0) is 0 Å².